The van der Waals surface area contributed by atoms with Crippen molar-refractivity contribution in [2.24, 2.45) is 0 Å². The molecule has 3 N–H and O–H groups in total. The molecule has 2 aromatic carbocycles. The molecule has 4 rings (SSSR count). The van der Waals surface area contributed by atoms with Crippen molar-refractivity contribution in [3.05, 3.63) is 70.5 Å². The number of nitrogen functional groups attached to an aromatic ring is 1. The molecule has 0 bridgehead atoms. The average Bonchev–Trinajstić information content (AvgIpc) is 2.61. The van der Waals surface area contributed by atoms with Gasteiger partial charge in [0.2, 0.25) is 0 Å². The maximum Gasteiger partial charge on any atom is 0.258 e. The third kappa shape index (κ3) is 1.94. The number of para-hydroxylation sites is 1. The lowest BCUT2D eigenvalue weighted by atomic mass is 9.96. The number of rotatable bonds is 1. The summed E-state index contributed by atoms with van der Waals surface area (Å²) in [5.41, 5.74) is 8.43. The summed E-state index contributed by atoms with van der Waals surface area (Å²) in [6, 6.07) is 18.8. The van der Waals surface area contributed by atoms with Crippen LogP contribution in [-0.2, 0) is 0 Å². The fraction of sp³-hybridized carbons (Fsp3) is 0. The zero-order valence-electron chi connectivity index (χ0n) is 12.6. The minimum absolute atomic E-state index is 0.125. The summed E-state index contributed by atoms with van der Waals surface area (Å²) in [5, 5.41) is 10.7. The van der Waals surface area contributed by atoms with Gasteiger partial charge in [0.1, 0.15) is 17.5 Å². The van der Waals surface area contributed by atoms with Gasteiger partial charge in [0.25, 0.3) is 5.56 Å². The standard InChI is InChI=1S/C19H12N4O/c20-10-13-15(11-6-2-1-3-7-11)16-17(23-18(13)21)12-8-4-5-9-14(12)22-19(16)24/h1-9H,(H2,21,23)(H,22,24). The molecule has 5 heteroatoms. The van der Waals surface area contributed by atoms with Crippen LogP contribution in [-0.4, -0.2) is 9.97 Å². The van der Waals surface area contributed by atoms with Crippen LogP contribution in [0.2, 0.25) is 0 Å². The summed E-state index contributed by atoms with van der Waals surface area (Å²) >= 11 is 0. The molecule has 4 aromatic rings. The summed E-state index contributed by atoms with van der Waals surface area (Å²) < 4.78 is 0. The Hall–Kier alpha value is -3.65. The van der Waals surface area contributed by atoms with Gasteiger partial charge in [0, 0.05) is 10.9 Å². The maximum absolute atomic E-state index is 12.7. The number of benzene rings is 2. The Morgan fingerprint density at radius 2 is 1.75 bits per heavy atom. The first-order chi connectivity index (χ1) is 11.7. The zero-order valence-corrected chi connectivity index (χ0v) is 12.6. The van der Waals surface area contributed by atoms with Crippen molar-refractivity contribution in [1.82, 2.24) is 9.97 Å². The second kappa shape index (κ2) is 5.21. The summed E-state index contributed by atoms with van der Waals surface area (Å²) in [6.07, 6.45) is 0. The van der Waals surface area contributed by atoms with Gasteiger partial charge in [-0.1, -0.05) is 48.5 Å². The highest BCUT2D eigenvalue weighted by Crippen LogP contribution is 2.34. The van der Waals surface area contributed by atoms with E-state index in [1.165, 1.54) is 0 Å². The Labute approximate surface area is 137 Å². The Bertz CT molecular complexity index is 1190. The van der Waals surface area contributed by atoms with Crippen molar-refractivity contribution in [3.63, 3.8) is 0 Å². The largest absolute Gasteiger partial charge is 0.383 e. The first-order valence-corrected chi connectivity index (χ1v) is 7.40. The minimum atomic E-state index is -0.286. The normalized spacial score (nSPS) is 10.8. The van der Waals surface area contributed by atoms with Crippen molar-refractivity contribution >= 4 is 27.6 Å². The first-order valence-electron chi connectivity index (χ1n) is 7.40. The second-order valence-electron chi connectivity index (χ2n) is 5.45. The number of nitrogens with two attached hydrogens (primary N) is 1. The molecular weight excluding hydrogens is 300 g/mol. The molecule has 114 valence electrons. The third-order valence-corrected chi connectivity index (χ3v) is 4.06. The minimum Gasteiger partial charge on any atom is -0.383 e. The van der Waals surface area contributed by atoms with Crippen LogP contribution in [0, 0.1) is 11.3 Å². The number of aromatic nitrogens is 2. The van der Waals surface area contributed by atoms with Crippen molar-refractivity contribution in [3.8, 4) is 17.2 Å². The third-order valence-electron chi connectivity index (χ3n) is 4.06. The Morgan fingerprint density at radius 1 is 1.04 bits per heavy atom. The quantitative estimate of drug-likeness (QED) is 0.528. The highest BCUT2D eigenvalue weighted by atomic mass is 16.1. The summed E-state index contributed by atoms with van der Waals surface area (Å²) in [7, 11) is 0. The van der Waals surface area contributed by atoms with Gasteiger partial charge in [-0.25, -0.2) is 4.98 Å². The van der Waals surface area contributed by atoms with Crippen LogP contribution in [0.15, 0.2) is 59.4 Å². The average molecular weight is 312 g/mol. The van der Waals surface area contributed by atoms with Crippen LogP contribution < -0.4 is 11.3 Å². The predicted molar refractivity (Wildman–Crippen MR) is 94.4 cm³/mol. The molecule has 5 nitrogen and oxygen atoms in total. The number of fused-ring (bicyclic) bond motifs is 3. The SMILES string of the molecule is N#Cc1c(N)nc2c(c1-c1ccccc1)c(=O)[nH]c1ccccc12. The first kappa shape index (κ1) is 14.0. The van der Waals surface area contributed by atoms with E-state index in [4.69, 9.17) is 5.73 Å². The van der Waals surface area contributed by atoms with Crippen LogP contribution in [0.3, 0.4) is 0 Å². The molecule has 0 fully saturated rings. The second-order valence-corrected chi connectivity index (χ2v) is 5.45. The number of hydrogen-bond acceptors (Lipinski definition) is 4. The highest BCUT2D eigenvalue weighted by Gasteiger charge is 2.19. The van der Waals surface area contributed by atoms with Gasteiger partial charge in [0.05, 0.1) is 16.4 Å². The molecular formula is C19H12N4O. The molecule has 0 atom stereocenters. The van der Waals surface area contributed by atoms with E-state index in [2.05, 4.69) is 16.0 Å². The predicted octanol–water partition coefficient (Wildman–Crippen LogP) is 3.20. The molecule has 0 saturated heterocycles. The van der Waals surface area contributed by atoms with Crippen LogP contribution in [0.4, 0.5) is 5.82 Å². The van der Waals surface area contributed by atoms with E-state index in [0.29, 0.717) is 22.0 Å². The number of hydrogen-bond donors (Lipinski definition) is 2. The molecule has 24 heavy (non-hydrogen) atoms. The monoisotopic (exact) mass is 312 g/mol. The van der Waals surface area contributed by atoms with E-state index in [-0.39, 0.29) is 16.9 Å². The molecule has 0 unspecified atom stereocenters. The number of nitrogens with one attached hydrogen (secondary N) is 1. The number of pyridine rings is 2. The van der Waals surface area contributed by atoms with E-state index in [1.54, 1.807) is 0 Å². The number of aromatic amines is 1. The van der Waals surface area contributed by atoms with Gasteiger partial charge in [0.15, 0.2) is 0 Å². The van der Waals surface area contributed by atoms with Crippen molar-refractivity contribution in [1.29, 1.82) is 5.26 Å². The van der Waals surface area contributed by atoms with E-state index >= 15 is 0 Å². The van der Waals surface area contributed by atoms with Crippen LogP contribution in [0.1, 0.15) is 5.56 Å². The van der Waals surface area contributed by atoms with Gasteiger partial charge in [-0.3, -0.25) is 4.79 Å². The fourth-order valence-corrected chi connectivity index (χ4v) is 3.01. The summed E-state index contributed by atoms with van der Waals surface area (Å²) in [5.74, 6) is 0.125. The smallest absolute Gasteiger partial charge is 0.258 e. The fourth-order valence-electron chi connectivity index (χ4n) is 3.01. The van der Waals surface area contributed by atoms with Crippen molar-refractivity contribution in [2.75, 3.05) is 5.73 Å². The molecule has 0 radical (unpaired) electrons. The molecule has 0 aliphatic carbocycles. The number of nitriles is 1. The Balaban J connectivity index is 2.31. The number of H-pyrrole nitrogens is 1. The lowest BCUT2D eigenvalue weighted by Gasteiger charge is -2.12. The molecule has 0 aliphatic rings. The molecule has 2 aromatic heterocycles. The molecule has 0 amide bonds. The Morgan fingerprint density at radius 3 is 2.50 bits per heavy atom. The Kier molecular flexibility index (Phi) is 3.04. The van der Waals surface area contributed by atoms with Crippen molar-refractivity contribution < 1.29 is 0 Å². The summed E-state index contributed by atoms with van der Waals surface area (Å²) in [6.45, 7) is 0. The highest BCUT2D eigenvalue weighted by molar-refractivity contribution is 6.10. The zero-order chi connectivity index (χ0) is 16.7. The maximum atomic E-state index is 12.7. The van der Waals surface area contributed by atoms with Crippen molar-refractivity contribution in [2.45, 2.75) is 0 Å². The lowest BCUT2D eigenvalue weighted by molar-refractivity contribution is 1.31. The summed E-state index contributed by atoms with van der Waals surface area (Å²) in [4.78, 5) is 19.9. The number of anilines is 1. The van der Waals surface area contributed by atoms with Gasteiger partial charge in [-0.15, -0.1) is 0 Å². The van der Waals surface area contributed by atoms with Crippen LogP contribution in [0.25, 0.3) is 32.9 Å². The van der Waals surface area contributed by atoms with E-state index in [9.17, 15) is 10.1 Å². The molecule has 0 aliphatic heterocycles. The van der Waals surface area contributed by atoms with E-state index in [1.807, 2.05) is 54.6 Å². The molecule has 0 saturated carbocycles. The molecule has 2 heterocycles. The molecule has 0 spiro atoms. The topological polar surface area (TPSA) is 95.6 Å². The van der Waals surface area contributed by atoms with Crippen LogP contribution in [0.5, 0.6) is 0 Å². The van der Waals surface area contributed by atoms with Crippen LogP contribution >= 0.6 is 0 Å². The van der Waals surface area contributed by atoms with Gasteiger partial charge in [-0.05, 0) is 11.6 Å². The van der Waals surface area contributed by atoms with Gasteiger partial charge >= 0.3 is 0 Å². The van der Waals surface area contributed by atoms with E-state index < -0.39 is 0 Å². The van der Waals surface area contributed by atoms with E-state index in [0.717, 1.165) is 10.9 Å². The number of nitrogens with zero attached hydrogens (tertiary/aromatic N) is 2. The van der Waals surface area contributed by atoms with Gasteiger partial charge < -0.3 is 10.7 Å². The van der Waals surface area contributed by atoms with Gasteiger partial charge in [-0.2, -0.15) is 5.26 Å². The lowest BCUT2D eigenvalue weighted by Crippen LogP contribution is -2.11.